The van der Waals surface area contributed by atoms with Crippen LogP contribution in [0.3, 0.4) is 0 Å². The van der Waals surface area contributed by atoms with E-state index in [4.69, 9.17) is 9.47 Å². The molecule has 140 valence electrons. The quantitative estimate of drug-likeness (QED) is 0.843. The van der Waals surface area contributed by atoms with E-state index in [1.165, 1.54) is 12.0 Å². The Morgan fingerprint density at radius 3 is 3.00 bits per heavy atom. The number of hydrogen-bond donors (Lipinski definition) is 1. The molecule has 1 spiro atoms. The third-order valence-electron chi connectivity index (χ3n) is 7.57. The van der Waals surface area contributed by atoms with Crippen LogP contribution in [0.5, 0.6) is 11.5 Å². The van der Waals surface area contributed by atoms with Gasteiger partial charge in [0.15, 0.2) is 11.5 Å². The summed E-state index contributed by atoms with van der Waals surface area (Å²) in [7, 11) is 1.72. The van der Waals surface area contributed by atoms with Crippen LogP contribution in [0, 0.1) is 11.8 Å². The number of para-hydroxylation sites is 1. The Kier molecular flexibility index (Phi) is 3.67. The summed E-state index contributed by atoms with van der Waals surface area (Å²) in [6, 6.07) is 6.75. The first kappa shape index (κ1) is 16.6. The van der Waals surface area contributed by atoms with E-state index in [0.717, 1.165) is 43.9 Å². The molecule has 5 atom stereocenters. The minimum Gasteiger partial charge on any atom is -0.493 e. The zero-order valence-corrected chi connectivity index (χ0v) is 15.8. The maximum absolute atomic E-state index is 10.2. The van der Waals surface area contributed by atoms with Crippen molar-refractivity contribution in [2.45, 2.75) is 49.7 Å². The van der Waals surface area contributed by atoms with Gasteiger partial charge in [0.1, 0.15) is 5.60 Å². The molecule has 5 rings (SSSR count). The number of aliphatic hydroxyl groups is 1. The molecule has 1 saturated heterocycles. The molecule has 2 aliphatic heterocycles. The molecule has 26 heavy (non-hydrogen) atoms. The van der Waals surface area contributed by atoms with Crippen LogP contribution in [0.25, 0.3) is 0 Å². The van der Waals surface area contributed by atoms with Gasteiger partial charge in [0.2, 0.25) is 0 Å². The normalized spacial score (nSPS) is 39.9. The Morgan fingerprint density at radius 1 is 1.35 bits per heavy atom. The van der Waals surface area contributed by atoms with Gasteiger partial charge in [0, 0.05) is 23.6 Å². The van der Waals surface area contributed by atoms with Crippen molar-refractivity contribution >= 4 is 0 Å². The smallest absolute Gasteiger partial charge is 0.166 e. The minimum atomic E-state index is -0.269. The van der Waals surface area contributed by atoms with Crippen LogP contribution >= 0.6 is 0 Å². The van der Waals surface area contributed by atoms with E-state index in [9.17, 15) is 5.11 Å². The molecule has 0 amide bonds. The van der Waals surface area contributed by atoms with Crippen LogP contribution in [0.2, 0.25) is 0 Å². The Labute approximate surface area is 155 Å². The number of nitrogens with zero attached hydrogens (tertiary/aromatic N) is 1. The fraction of sp³-hybridized carbons (Fsp3) is 0.636. The number of fused-ring (bicyclic) bond motifs is 1. The molecular formula is C22H29NO3. The molecule has 2 heterocycles. The summed E-state index contributed by atoms with van der Waals surface area (Å²) in [4.78, 5) is 2.63. The standard InChI is InChI=1S/C22H29NO3/c1-3-12-23-13-11-22-16-5-4-6-18(25-2)20(16)26-21(22)9-7-15(14-24)19(22)17(23)8-10-21/h4-6,8,10,15,17,19,24H,3,7,9,11-14H2,1-2H3. The number of likely N-dealkylation sites (tertiary alicyclic amines) is 1. The van der Waals surface area contributed by atoms with Crippen molar-refractivity contribution < 1.29 is 14.6 Å². The topological polar surface area (TPSA) is 41.9 Å². The van der Waals surface area contributed by atoms with E-state index in [0.29, 0.717) is 17.9 Å². The van der Waals surface area contributed by atoms with Gasteiger partial charge in [-0.15, -0.1) is 0 Å². The number of rotatable bonds is 4. The highest BCUT2D eigenvalue weighted by Gasteiger charge is 2.70. The van der Waals surface area contributed by atoms with E-state index in [1.54, 1.807) is 7.11 Å². The Bertz CT molecular complexity index is 747. The van der Waals surface area contributed by atoms with Gasteiger partial charge in [-0.1, -0.05) is 25.1 Å². The van der Waals surface area contributed by atoms with Crippen molar-refractivity contribution in [2.24, 2.45) is 11.8 Å². The van der Waals surface area contributed by atoms with Gasteiger partial charge in [-0.2, -0.15) is 0 Å². The molecule has 1 aromatic rings. The number of ether oxygens (including phenoxy) is 2. The Hall–Kier alpha value is -1.52. The molecule has 4 heteroatoms. The van der Waals surface area contributed by atoms with Gasteiger partial charge in [0.25, 0.3) is 0 Å². The van der Waals surface area contributed by atoms with E-state index < -0.39 is 0 Å². The van der Waals surface area contributed by atoms with Crippen molar-refractivity contribution in [2.75, 3.05) is 26.8 Å². The number of hydrogen-bond acceptors (Lipinski definition) is 4. The lowest BCUT2D eigenvalue weighted by Crippen LogP contribution is -2.70. The van der Waals surface area contributed by atoms with Crippen LogP contribution in [-0.4, -0.2) is 48.5 Å². The summed E-state index contributed by atoms with van der Waals surface area (Å²) in [5.74, 6) is 2.51. The lowest BCUT2D eigenvalue weighted by molar-refractivity contribution is -0.115. The second kappa shape index (κ2) is 5.74. The third-order valence-corrected chi connectivity index (χ3v) is 7.57. The summed E-state index contributed by atoms with van der Waals surface area (Å²) in [5.41, 5.74) is 1.01. The average molecular weight is 355 g/mol. The highest BCUT2D eigenvalue weighted by molar-refractivity contribution is 5.60. The van der Waals surface area contributed by atoms with Gasteiger partial charge in [-0.3, -0.25) is 4.90 Å². The first-order valence-corrected chi connectivity index (χ1v) is 10.1. The monoisotopic (exact) mass is 355 g/mol. The van der Waals surface area contributed by atoms with Crippen molar-refractivity contribution in [3.8, 4) is 11.5 Å². The number of aliphatic hydroxyl groups excluding tert-OH is 1. The van der Waals surface area contributed by atoms with Crippen LogP contribution in [0.4, 0.5) is 0 Å². The van der Waals surface area contributed by atoms with Gasteiger partial charge in [-0.05, 0) is 62.8 Å². The predicted molar refractivity (Wildman–Crippen MR) is 101 cm³/mol. The third kappa shape index (κ3) is 1.82. The SMILES string of the molecule is CCCN1CCC23c4cccc(OC)c4OC24C=CC1C3C(CO)CC4. The summed E-state index contributed by atoms with van der Waals surface area (Å²) in [5, 5.41) is 10.2. The maximum atomic E-state index is 10.2. The molecule has 0 radical (unpaired) electrons. The highest BCUT2D eigenvalue weighted by Crippen LogP contribution is 2.68. The van der Waals surface area contributed by atoms with Gasteiger partial charge in [-0.25, -0.2) is 0 Å². The predicted octanol–water partition coefficient (Wildman–Crippen LogP) is 3.14. The molecule has 1 N–H and O–H groups in total. The Morgan fingerprint density at radius 2 is 2.23 bits per heavy atom. The van der Waals surface area contributed by atoms with Crippen LogP contribution in [0.15, 0.2) is 30.4 Å². The molecule has 0 aromatic heterocycles. The molecule has 4 nitrogen and oxygen atoms in total. The fourth-order valence-electron chi connectivity index (χ4n) is 6.65. The molecule has 2 aliphatic carbocycles. The zero-order chi connectivity index (χ0) is 17.9. The van der Waals surface area contributed by atoms with Gasteiger partial charge in [0.05, 0.1) is 7.11 Å². The fourth-order valence-corrected chi connectivity index (χ4v) is 6.65. The molecule has 5 unspecified atom stereocenters. The van der Waals surface area contributed by atoms with E-state index in [2.05, 4.69) is 36.1 Å². The molecule has 4 bridgehead atoms. The van der Waals surface area contributed by atoms with E-state index >= 15 is 0 Å². The Balaban J connectivity index is 1.73. The van der Waals surface area contributed by atoms with Crippen molar-refractivity contribution in [3.05, 3.63) is 35.9 Å². The molecule has 4 aliphatic rings. The summed E-state index contributed by atoms with van der Waals surface area (Å²) >= 11 is 0. The zero-order valence-electron chi connectivity index (χ0n) is 15.8. The number of piperidine rings is 1. The first-order valence-electron chi connectivity index (χ1n) is 10.1. The molecule has 2 fully saturated rings. The van der Waals surface area contributed by atoms with E-state index in [-0.39, 0.29) is 17.6 Å². The van der Waals surface area contributed by atoms with Crippen molar-refractivity contribution in [1.29, 1.82) is 0 Å². The van der Waals surface area contributed by atoms with Crippen LogP contribution in [-0.2, 0) is 5.41 Å². The van der Waals surface area contributed by atoms with E-state index in [1.807, 2.05) is 6.07 Å². The van der Waals surface area contributed by atoms with Gasteiger partial charge >= 0.3 is 0 Å². The van der Waals surface area contributed by atoms with Crippen LogP contribution in [0.1, 0.15) is 38.2 Å². The summed E-state index contributed by atoms with van der Waals surface area (Å²) in [6.45, 7) is 4.74. The van der Waals surface area contributed by atoms with Gasteiger partial charge < -0.3 is 14.6 Å². The highest BCUT2D eigenvalue weighted by atomic mass is 16.5. The molecule has 1 saturated carbocycles. The lowest BCUT2D eigenvalue weighted by atomic mass is 9.46. The minimum absolute atomic E-state index is 0.0355. The van der Waals surface area contributed by atoms with Crippen LogP contribution < -0.4 is 9.47 Å². The average Bonchev–Trinajstić information content (AvgIpc) is 2.96. The summed E-state index contributed by atoms with van der Waals surface area (Å²) in [6.07, 6.45) is 9.01. The second-order valence-electron chi connectivity index (χ2n) is 8.44. The molecule has 1 aromatic carbocycles. The lowest BCUT2D eigenvalue weighted by Gasteiger charge is -2.63. The number of benzene rings is 1. The summed E-state index contributed by atoms with van der Waals surface area (Å²) < 4.78 is 12.4. The maximum Gasteiger partial charge on any atom is 0.166 e. The largest absolute Gasteiger partial charge is 0.493 e. The second-order valence-corrected chi connectivity index (χ2v) is 8.44. The number of methoxy groups -OCH3 is 1. The van der Waals surface area contributed by atoms with Crippen molar-refractivity contribution in [3.63, 3.8) is 0 Å². The molecular weight excluding hydrogens is 326 g/mol. The van der Waals surface area contributed by atoms with Crippen molar-refractivity contribution in [1.82, 2.24) is 4.90 Å². The first-order chi connectivity index (χ1) is 12.7.